The van der Waals surface area contributed by atoms with Gasteiger partial charge in [-0.25, -0.2) is 0 Å². The molecule has 0 saturated carbocycles. The molecule has 0 aromatic rings. The highest BCUT2D eigenvalue weighted by atomic mass is 15.2. The third kappa shape index (κ3) is 2.81. The van der Waals surface area contributed by atoms with Crippen LogP contribution in [0.15, 0.2) is 47.6 Å². The molecule has 3 atom stereocenters. The molecule has 1 fully saturated rings. The van der Waals surface area contributed by atoms with E-state index < -0.39 is 0 Å². The van der Waals surface area contributed by atoms with Crippen molar-refractivity contribution in [2.75, 3.05) is 13.1 Å². The van der Waals surface area contributed by atoms with Crippen molar-refractivity contribution in [3.63, 3.8) is 0 Å². The average Bonchev–Trinajstić information content (AvgIpc) is 2.78. The zero-order chi connectivity index (χ0) is 14.9. The van der Waals surface area contributed by atoms with Gasteiger partial charge in [-0.15, -0.1) is 0 Å². The van der Waals surface area contributed by atoms with Crippen molar-refractivity contribution < 1.29 is 0 Å². The van der Waals surface area contributed by atoms with Crippen LogP contribution in [0.3, 0.4) is 0 Å². The van der Waals surface area contributed by atoms with Crippen LogP contribution in [0.4, 0.5) is 0 Å². The van der Waals surface area contributed by atoms with Crippen molar-refractivity contribution in [2.24, 2.45) is 11.3 Å². The minimum Gasteiger partial charge on any atom is -0.295 e. The van der Waals surface area contributed by atoms with Gasteiger partial charge in [0, 0.05) is 19.1 Å². The van der Waals surface area contributed by atoms with E-state index in [4.69, 9.17) is 0 Å². The maximum absolute atomic E-state index is 2.76. The second-order valence-electron chi connectivity index (χ2n) is 7.12. The number of rotatable bonds is 2. The molecule has 0 aromatic carbocycles. The molecule has 0 amide bonds. The van der Waals surface area contributed by atoms with Crippen LogP contribution in [0.25, 0.3) is 0 Å². The topological polar surface area (TPSA) is 3.24 Å². The molecule has 2 heterocycles. The predicted molar refractivity (Wildman–Crippen MR) is 91.2 cm³/mol. The Morgan fingerprint density at radius 1 is 1.33 bits per heavy atom. The average molecular weight is 283 g/mol. The molecule has 1 nitrogen and oxygen atoms in total. The van der Waals surface area contributed by atoms with Crippen LogP contribution in [0.1, 0.15) is 46.5 Å². The maximum Gasteiger partial charge on any atom is 0.0356 e. The van der Waals surface area contributed by atoms with Gasteiger partial charge in [-0.2, -0.15) is 0 Å². The number of fused-ring (bicyclic) bond motifs is 3. The molecule has 3 aliphatic rings. The highest BCUT2D eigenvalue weighted by molar-refractivity contribution is 5.34. The molecule has 21 heavy (non-hydrogen) atoms. The lowest BCUT2D eigenvalue weighted by atomic mass is 9.73. The first kappa shape index (κ1) is 14.8. The molecule has 0 radical (unpaired) electrons. The summed E-state index contributed by atoms with van der Waals surface area (Å²) in [5.74, 6) is 0.718. The van der Waals surface area contributed by atoms with E-state index in [9.17, 15) is 0 Å². The standard InChI is InChI=1S/C20H29N/c1-4-8-18-16(3)10-12-21-15-17-9-6-7-11-20(5-2,13-17)14-19(18)21/h4,6-9,11,17,19H,5,10,12-15H2,1-3H3/b8-4-. The van der Waals surface area contributed by atoms with Gasteiger partial charge in [-0.1, -0.05) is 49.0 Å². The van der Waals surface area contributed by atoms with Gasteiger partial charge in [0.05, 0.1) is 0 Å². The zero-order valence-corrected chi connectivity index (χ0v) is 13.8. The molecule has 1 aliphatic carbocycles. The highest BCUT2D eigenvalue weighted by Gasteiger charge is 2.40. The second kappa shape index (κ2) is 5.96. The Kier molecular flexibility index (Phi) is 4.21. The Bertz CT molecular complexity index is 508. The van der Waals surface area contributed by atoms with E-state index in [1.165, 1.54) is 38.8 Å². The van der Waals surface area contributed by atoms with Gasteiger partial charge in [0.25, 0.3) is 0 Å². The summed E-state index contributed by atoms with van der Waals surface area (Å²) in [7, 11) is 0. The van der Waals surface area contributed by atoms with Crippen molar-refractivity contribution in [3.05, 3.63) is 47.6 Å². The van der Waals surface area contributed by atoms with Gasteiger partial charge < -0.3 is 0 Å². The largest absolute Gasteiger partial charge is 0.295 e. The molecule has 3 unspecified atom stereocenters. The molecular weight excluding hydrogens is 254 g/mol. The summed E-state index contributed by atoms with van der Waals surface area (Å²) in [6.45, 7) is 9.34. The first-order valence-electron chi connectivity index (χ1n) is 8.60. The molecular formula is C20H29N. The molecule has 0 aromatic heterocycles. The minimum atomic E-state index is 0.387. The Labute approximate surface area is 130 Å². The zero-order valence-electron chi connectivity index (χ0n) is 13.8. The van der Waals surface area contributed by atoms with Crippen molar-refractivity contribution in [2.45, 2.75) is 52.5 Å². The van der Waals surface area contributed by atoms with Crippen LogP contribution in [0, 0.1) is 11.3 Å². The first-order valence-corrected chi connectivity index (χ1v) is 8.60. The van der Waals surface area contributed by atoms with Gasteiger partial charge in [0.1, 0.15) is 0 Å². The van der Waals surface area contributed by atoms with Crippen LogP contribution in [-0.4, -0.2) is 24.0 Å². The maximum atomic E-state index is 2.76. The van der Waals surface area contributed by atoms with E-state index in [0.717, 1.165) is 5.92 Å². The van der Waals surface area contributed by atoms with Gasteiger partial charge in [-0.3, -0.25) is 4.90 Å². The van der Waals surface area contributed by atoms with Gasteiger partial charge in [0.2, 0.25) is 0 Å². The normalized spacial score (nSPS) is 36.7. The Hall–Kier alpha value is -1.08. The summed E-state index contributed by atoms with van der Waals surface area (Å²) in [4.78, 5) is 2.76. The lowest BCUT2D eigenvalue weighted by molar-refractivity contribution is 0.190. The van der Waals surface area contributed by atoms with Gasteiger partial charge >= 0.3 is 0 Å². The van der Waals surface area contributed by atoms with Crippen LogP contribution in [-0.2, 0) is 0 Å². The fourth-order valence-electron chi connectivity index (χ4n) is 4.49. The quantitative estimate of drug-likeness (QED) is 0.697. The van der Waals surface area contributed by atoms with Crippen LogP contribution >= 0.6 is 0 Å². The number of nitrogens with zero attached hydrogens (tertiary/aromatic N) is 1. The highest BCUT2D eigenvalue weighted by Crippen LogP contribution is 2.45. The number of hydrogen-bond donors (Lipinski definition) is 0. The van der Waals surface area contributed by atoms with Crippen molar-refractivity contribution in [3.8, 4) is 0 Å². The smallest absolute Gasteiger partial charge is 0.0356 e. The van der Waals surface area contributed by atoms with E-state index >= 15 is 0 Å². The van der Waals surface area contributed by atoms with Crippen molar-refractivity contribution in [1.29, 1.82) is 0 Å². The fraction of sp³-hybridized carbons (Fsp3) is 0.600. The van der Waals surface area contributed by atoms with Crippen LogP contribution in [0.5, 0.6) is 0 Å². The number of hydrogen-bond acceptors (Lipinski definition) is 1. The molecule has 1 saturated heterocycles. The summed E-state index contributed by atoms with van der Waals surface area (Å²) in [5, 5.41) is 0. The molecule has 1 heteroatoms. The molecule has 2 bridgehead atoms. The van der Waals surface area contributed by atoms with Crippen LogP contribution < -0.4 is 0 Å². The third-order valence-corrected chi connectivity index (χ3v) is 5.80. The lowest BCUT2D eigenvalue weighted by Crippen LogP contribution is -2.42. The third-order valence-electron chi connectivity index (χ3n) is 5.80. The summed E-state index contributed by atoms with van der Waals surface area (Å²) in [6, 6.07) is 0.621. The summed E-state index contributed by atoms with van der Waals surface area (Å²) < 4.78 is 0. The van der Waals surface area contributed by atoms with E-state index in [1.807, 2.05) is 0 Å². The number of allylic oxidation sites excluding steroid dienone is 4. The van der Waals surface area contributed by atoms with Crippen LogP contribution in [0.2, 0.25) is 0 Å². The summed E-state index contributed by atoms with van der Waals surface area (Å²) in [5.41, 5.74) is 3.59. The van der Waals surface area contributed by atoms with E-state index in [0.29, 0.717) is 11.5 Å². The minimum absolute atomic E-state index is 0.387. The second-order valence-corrected chi connectivity index (χ2v) is 7.12. The summed E-state index contributed by atoms with van der Waals surface area (Å²) in [6.07, 6.45) is 19.2. The molecule has 0 spiro atoms. The fourth-order valence-corrected chi connectivity index (χ4v) is 4.49. The SMILES string of the molecule is C/C=C\C1=C(C)CCN2CC3C=CC=CC(CC)(C3)CC12. The van der Waals surface area contributed by atoms with Crippen molar-refractivity contribution in [1.82, 2.24) is 4.90 Å². The first-order chi connectivity index (χ1) is 10.2. The Morgan fingerprint density at radius 3 is 2.95 bits per heavy atom. The molecule has 114 valence electrons. The van der Waals surface area contributed by atoms with E-state index in [-0.39, 0.29) is 0 Å². The van der Waals surface area contributed by atoms with Gasteiger partial charge in [-0.05, 0) is 56.4 Å². The van der Waals surface area contributed by atoms with E-state index in [2.05, 4.69) is 62.1 Å². The Morgan fingerprint density at radius 2 is 2.19 bits per heavy atom. The molecule has 3 rings (SSSR count). The molecule has 2 aliphatic heterocycles. The lowest BCUT2D eigenvalue weighted by Gasteiger charge is -2.39. The van der Waals surface area contributed by atoms with E-state index in [1.54, 1.807) is 11.1 Å². The monoisotopic (exact) mass is 283 g/mol. The summed E-state index contributed by atoms with van der Waals surface area (Å²) >= 11 is 0. The Balaban J connectivity index is 2.00. The van der Waals surface area contributed by atoms with Gasteiger partial charge in [0.15, 0.2) is 0 Å². The van der Waals surface area contributed by atoms with Crippen molar-refractivity contribution >= 4 is 0 Å². The predicted octanol–water partition coefficient (Wildman–Crippen LogP) is 4.89. The molecule has 0 N–H and O–H groups in total.